The number of amides is 2. The van der Waals surface area contributed by atoms with Gasteiger partial charge in [-0.05, 0) is 76.1 Å². The van der Waals surface area contributed by atoms with E-state index in [1.165, 1.54) is 12.8 Å². The van der Waals surface area contributed by atoms with Crippen LogP contribution in [0.1, 0.15) is 73.2 Å². The van der Waals surface area contributed by atoms with Crippen LogP contribution in [0.15, 0.2) is 43.0 Å². The van der Waals surface area contributed by atoms with Gasteiger partial charge in [-0.3, -0.25) is 14.0 Å². The normalized spacial score (nSPS) is 22.0. The summed E-state index contributed by atoms with van der Waals surface area (Å²) in [5, 5.41) is 4.03. The van der Waals surface area contributed by atoms with Crippen molar-refractivity contribution in [1.82, 2.24) is 29.2 Å². The summed E-state index contributed by atoms with van der Waals surface area (Å²) in [6.45, 7) is 8.48. The lowest BCUT2D eigenvalue weighted by atomic mass is 9.97. The van der Waals surface area contributed by atoms with Crippen LogP contribution in [-0.4, -0.2) is 60.9 Å². The number of pyridine rings is 2. The lowest BCUT2D eigenvalue weighted by Gasteiger charge is -2.23. The van der Waals surface area contributed by atoms with E-state index >= 15 is 0 Å². The maximum atomic E-state index is 13.8. The SMILES string of the molecule is C=CCC(=O)N[C@H](C)c1ccc2cc(-c3nc4cc(C(=O)N5[C@H]6CC[C@@H]5[C@H](N)C6)cc(OC)n4c3C)n(CC3CC3)c2n1. The van der Waals surface area contributed by atoms with Crippen molar-refractivity contribution >= 4 is 28.5 Å². The highest BCUT2D eigenvalue weighted by Gasteiger charge is 2.47. The summed E-state index contributed by atoms with van der Waals surface area (Å²) in [6.07, 6.45) is 7.09. The average molecular weight is 582 g/mol. The number of ether oxygens (including phenoxy) is 1. The zero-order valence-corrected chi connectivity index (χ0v) is 25.0. The van der Waals surface area contributed by atoms with Gasteiger partial charge in [-0.1, -0.05) is 6.08 Å². The summed E-state index contributed by atoms with van der Waals surface area (Å²) in [6, 6.07) is 10.0. The molecular weight excluding hydrogens is 542 g/mol. The number of methoxy groups -OCH3 is 1. The minimum Gasteiger partial charge on any atom is -0.482 e. The second-order valence-corrected chi connectivity index (χ2v) is 12.5. The first-order valence-electron chi connectivity index (χ1n) is 15.3. The van der Waals surface area contributed by atoms with Crippen LogP contribution in [0, 0.1) is 12.8 Å². The third-order valence-corrected chi connectivity index (χ3v) is 9.49. The topological polar surface area (TPSA) is 120 Å². The van der Waals surface area contributed by atoms with E-state index in [2.05, 4.69) is 28.6 Å². The first-order valence-corrected chi connectivity index (χ1v) is 15.3. The molecule has 4 aromatic heterocycles. The fourth-order valence-electron chi connectivity index (χ4n) is 7.12. The van der Waals surface area contributed by atoms with Crippen molar-refractivity contribution < 1.29 is 14.3 Å². The predicted molar refractivity (Wildman–Crippen MR) is 165 cm³/mol. The van der Waals surface area contributed by atoms with Gasteiger partial charge in [0.05, 0.1) is 30.2 Å². The molecule has 2 aliphatic heterocycles. The van der Waals surface area contributed by atoms with Crippen LogP contribution in [0.4, 0.5) is 0 Å². The van der Waals surface area contributed by atoms with Gasteiger partial charge in [-0.2, -0.15) is 0 Å². The van der Waals surface area contributed by atoms with Crippen LogP contribution in [0.5, 0.6) is 5.88 Å². The van der Waals surface area contributed by atoms with Gasteiger partial charge in [0.2, 0.25) is 5.91 Å². The Morgan fingerprint density at radius 1 is 1.19 bits per heavy atom. The maximum Gasteiger partial charge on any atom is 0.254 e. The van der Waals surface area contributed by atoms with E-state index in [1.807, 2.05) is 41.3 Å². The summed E-state index contributed by atoms with van der Waals surface area (Å²) < 4.78 is 10.1. The van der Waals surface area contributed by atoms with Crippen LogP contribution in [0.25, 0.3) is 28.1 Å². The lowest BCUT2D eigenvalue weighted by molar-refractivity contribution is -0.120. The summed E-state index contributed by atoms with van der Waals surface area (Å²) in [5.41, 5.74) is 12.0. The molecule has 0 spiro atoms. The molecule has 3 aliphatic rings. The molecule has 0 radical (unpaired) electrons. The Morgan fingerprint density at radius 2 is 2.00 bits per heavy atom. The van der Waals surface area contributed by atoms with Gasteiger partial charge in [-0.25, -0.2) is 9.97 Å². The molecule has 43 heavy (non-hydrogen) atoms. The van der Waals surface area contributed by atoms with Crippen molar-refractivity contribution in [2.75, 3.05) is 7.11 Å². The van der Waals surface area contributed by atoms with Gasteiger partial charge in [-0.15, -0.1) is 6.58 Å². The van der Waals surface area contributed by atoms with E-state index in [4.69, 9.17) is 20.4 Å². The fraction of sp³-hybridized carbons (Fsp3) is 0.455. The quantitative estimate of drug-likeness (QED) is 0.280. The van der Waals surface area contributed by atoms with Crippen molar-refractivity contribution in [3.63, 3.8) is 0 Å². The lowest BCUT2D eigenvalue weighted by Crippen LogP contribution is -2.40. The number of aromatic nitrogens is 4. The van der Waals surface area contributed by atoms with E-state index in [-0.39, 0.29) is 42.4 Å². The first-order chi connectivity index (χ1) is 20.8. The molecule has 0 unspecified atom stereocenters. The van der Waals surface area contributed by atoms with E-state index in [1.54, 1.807) is 13.2 Å². The van der Waals surface area contributed by atoms with Gasteiger partial charge >= 0.3 is 0 Å². The molecule has 2 saturated heterocycles. The van der Waals surface area contributed by atoms with Gasteiger partial charge in [0, 0.05) is 48.1 Å². The summed E-state index contributed by atoms with van der Waals surface area (Å²) >= 11 is 0. The number of nitrogens with two attached hydrogens (primary N) is 1. The van der Waals surface area contributed by atoms with Crippen LogP contribution in [0.3, 0.4) is 0 Å². The second-order valence-electron chi connectivity index (χ2n) is 12.5. The van der Waals surface area contributed by atoms with Crippen LogP contribution < -0.4 is 15.8 Å². The van der Waals surface area contributed by atoms with Crippen LogP contribution in [-0.2, 0) is 11.3 Å². The smallest absolute Gasteiger partial charge is 0.254 e. The number of nitrogens with zero attached hydrogens (tertiary/aromatic N) is 5. The highest BCUT2D eigenvalue weighted by atomic mass is 16.5. The van der Waals surface area contributed by atoms with E-state index in [0.29, 0.717) is 23.0 Å². The number of carbonyl (C=O) groups excluding carboxylic acids is 2. The average Bonchev–Trinajstić information content (AvgIpc) is 3.31. The van der Waals surface area contributed by atoms with Gasteiger partial charge < -0.3 is 25.3 Å². The van der Waals surface area contributed by atoms with Crippen LogP contribution in [0.2, 0.25) is 0 Å². The molecule has 7 rings (SSSR count). The van der Waals surface area contributed by atoms with E-state index in [9.17, 15) is 9.59 Å². The van der Waals surface area contributed by atoms with Gasteiger partial charge in [0.15, 0.2) is 5.88 Å². The number of aryl methyl sites for hydroxylation is 1. The Balaban J connectivity index is 1.30. The molecular formula is C33H39N7O3. The number of carbonyl (C=O) groups is 2. The number of hydrogen-bond donors (Lipinski definition) is 2. The number of imidazole rings is 1. The highest BCUT2D eigenvalue weighted by Crippen LogP contribution is 2.40. The Kier molecular flexibility index (Phi) is 6.76. The summed E-state index contributed by atoms with van der Waals surface area (Å²) in [5.74, 6) is 1.09. The Labute approximate surface area is 250 Å². The van der Waals surface area contributed by atoms with Crippen molar-refractivity contribution in [1.29, 1.82) is 0 Å². The molecule has 6 heterocycles. The molecule has 4 aromatic rings. The minimum atomic E-state index is -0.234. The largest absolute Gasteiger partial charge is 0.482 e. The molecule has 2 amide bonds. The van der Waals surface area contributed by atoms with Crippen LogP contribution >= 0.6 is 0 Å². The Morgan fingerprint density at radius 3 is 2.67 bits per heavy atom. The Bertz CT molecular complexity index is 1770. The molecule has 10 nitrogen and oxygen atoms in total. The monoisotopic (exact) mass is 581 g/mol. The molecule has 3 fully saturated rings. The molecule has 10 heteroatoms. The third-order valence-electron chi connectivity index (χ3n) is 9.49. The predicted octanol–water partition coefficient (Wildman–Crippen LogP) is 4.54. The fourth-order valence-corrected chi connectivity index (χ4v) is 7.12. The summed E-state index contributed by atoms with van der Waals surface area (Å²) in [7, 11) is 1.63. The number of fused-ring (bicyclic) bond motifs is 4. The molecule has 3 N–H and O–H groups in total. The molecule has 4 atom stereocenters. The van der Waals surface area contributed by atoms with Crippen molar-refractivity contribution in [2.24, 2.45) is 11.7 Å². The number of hydrogen-bond acceptors (Lipinski definition) is 6. The Hall–Kier alpha value is -4.18. The van der Waals surface area contributed by atoms with Gasteiger partial charge in [0.1, 0.15) is 17.0 Å². The zero-order valence-electron chi connectivity index (χ0n) is 25.0. The zero-order chi connectivity index (χ0) is 30.0. The van der Waals surface area contributed by atoms with E-state index in [0.717, 1.165) is 59.6 Å². The van der Waals surface area contributed by atoms with Gasteiger partial charge in [0.25, 0.3) is 5.91 Å². The second kappa shape index (κ2) is 10.5. The molecule has 0 aromatic carbocycles. The standard InChI is InChI=1S/C33H39N7O3/c1-5-6-29(41)35-18(2)25-11-9-21-13-27(38(32(21)36-25)17-20-7-8-20)31-19(3)39-28(37-31)14-22(15-30(39)43-4)33(42)40-23-10-12-26(40)24(34)16-23/h5,9,11,13-15,18,20,23-24,26H,1,6-8,10,12,16-17,34H2,2-4H3,(H,35,41)/t18-,23+,24-,26-/m1/s1. The minimum absolute atomic E-state index is 0.00247. The van der Waals surface area contributed by atoms with Crippen molar-refractivity contribution in [3.05, 3.63) is 59.9 Å². The molecule has 1 aliphatic carbocycles. The number of nitrogens with one attached hydrogen (secondary N) is 1. The van der Waals surface area contributed by atoms with E-state index < -0.39 is 0 Å². The van der Waals surface area contributed by atoms with Crippen molar-refractivity contribution in [2.45, 2.75) is 83.1 Å². The third kappa shape index (κ3) is 4.68. The molecule has 1 saturated carbocycles. The maximum absolute atomic E-state index is 13.8. The molecule has 2 bridgehead atoms. The summed E-state index contributed by atoms with van der Waals surface area (Å²) in [4.78, 5) is 38.1. The molecule has 224 valence electrons. The number of rotatable bonds is 9. The first kappa shape index (κ1) is 27.6. The van der Waals surface area contributed by atoms with Crippen molar-refractivity contribution in [3.8, 4) is 17.3 Å². The highest BCUT2D eigenvalue weighted by molar-refractivity contribution is 5.97.